The number of halogens is 1. The molecular formula is C9H6ClN3O2. The lowest BCUT2D eigenvalue weighted by Gasteiger charge is -1.98. The highest BCUT2D eigenvalue weighted by Gasteiger charge is 2.06. The van der Waals surface area contributed by atoms with Crippen molar-refractivity contribution in [3.05, 3.63) is 29.0 Å². The van der Waals surface area contributed by atoms with Crippen LogP contribution in [0.15, 0.2) is 18.2 Å². The van der Waals surface area contributed by atoms with E-state index in [2.05, 4.69) is 15.2 Å². The summed E-state index contributed by atoms with van der Waals surface area (Å²) >= 11 is 5.75. The maximum Gasteiger partial charge on any atom is 0.311 e. The minimum Gasteiger partial charge on any atom is -0.481 e. The van der Waals surface area contributed by atoms with Gasteiger partial charge >= 0.3 is 5.97 Å². The molecule has 15 heavy (non-hydrogen) atoms. The standard InChI is InChI=1S/C9H6ClN3O2/c10-5-1-2-6-7(3-5)12-13-8(11-6)4-9(14)15/h1-3H,4H2,(H,14,15). The van der Waals surface area contributed by atoms with Crippen molar-refractivity contribution in [2.45, 2.75) is 6.42 Å². The minimum atomic E-state index is -0.981. The number of aromatic nitrogens is 3. The molecule has 76 valence electrons. The number of hydrogen-bond donors (Lipinski definition) is 1. The van der Waals surface area contributed by atoms with Gasteiger partial charge in [0.05, 0.1) is 5.52 Å². The van der Waals surface area contributed by atoms with Gasteiger partial charge in [-0.2, -0.15) is 0 Å². The Kier molecular flexibility index (Phi) is 2.47. The Morgan fingerprint density at radius 1 is 1.33 bits per heavy atom. The summed E-state index contributed by atoms with van der Waals surface area (Å²) in [6.45, 7) is 0. The number of carbonyl (C=O) groups is 1. The van der Waals surface area contributed by atoms with Crippen LogP contribution in [-0.4, -0.2) is 26.3 Å². The number of benzene rings is 1. The molecule has 5 nitrogen and oxygen atoms in total. The molecule has 0 unspecified atom stereocenters. The highest BCUT2D eigenvalue weighted by molar-refractivity contribution is 6.31. The van der Waals surface area contributed by atoms with Gasteiger partial charge in [-0.25, -0.2) is 4.98 Å². The maximum absolute atomic E-state index is 10.4. The molecule has 1 aromatic carbocycles. The molecule has 2 rings (SSSR count). The first kappa shape index (κ1) is 9.79. The zero-order chi connectivity index (χ0) is 10.8. The number of carboxylic acids is 1. The lowest BCUT2D eigenvalue weighted by molar-refractivity contribution is -0.136. The van der Waals surface area contributed by atoms with Crippen molar-refractivity contribution in [2.75, 3.05) is 0 Å². The van der Waals surface area contributed by atoms with Crippen LogP contribution in [0.4, 0.5) is 0 Å². The Balaban J connectivity index is 2.47. The zero-order valence-corrected chi connectivity index (χ0v) is 8.27. The first-order valence-corrected chi connectivity index (χ1v) is 4.53. The number of nitrogens with zero attached hydrogens (tertiary/aromatic N) is 3. The molecule has 0 saturated carbocycles. The van der Waals surface area contributed by atoms with Gasteiger partial charge in [-0.1, -0.05) is 11.6 Å². The van der Waals surface area contributed by atoms with E-state index in [1.54, 1.807) is 18.2 Å². The Morgan fingerprint density at radius 3 is 2.87 bits per heavy atom. The lowest BCUT2D eigenvalue weighted by Crippen LogP contribution is -2.06. The summed E-state index contributed by atoms with van der Waals surface area (Å²) in [6.07, 6.45) is -0.231. The summed E-state index contributed by atoms with van der Waals surface area (Å²) in [6, 6.07) is 4.97. The van der Waals surface area contributed by atoms with Gasteiger partial charge < -0.3 is 5.11 Å². The second-order valence-electron chi connectivity index (χ2n) is 2.93. The van der Waals surface area contributed by atoms with Gasteiger partial charge in [0.15, 0.2) is 5.82 Å². The van der Waals surface area contributed by atoms with E-state index in [1.807, 2.05) is 0 Å². The third kappa shape index (κ3) is 2.19. The monoisotopic (exact) mass is 223 g/mol. The Labute approximate surface area is 89.7 Å². The lowest BCUT2D eigenvalue weighted by atomic mass is 10.3. The number of carboxylic acid groups (broad SMARTS) is 1. The summed E-state index contributed by atoms with van der Waals surface area (Å²) in [5, 5.41) is 16.6. The van der Waals surface area contributed by atoms with E-state index in [9.17, 15) is 4.79 Å². The van der Waals surface area contributed by atoms with Crippen LogP contribution in [-0.2, 0) is 11.2 Å². The summed E-state index contributed by atoms with van der Waals surface area (Å²) in [4.78, 5) is 14.5. The van der Waals surface area contributed by atoms with Crippen molar-refractivity contribution >= 4 is 28.6 Å². The number of fused-ring (bicyclic) bond motifs is 1. The molecule has 1 heterocycles. The summed E-state index contributed by atoms with van der Waals surface area (Å²) in [7, 11) is 0. The fourth-order valence-corrected chi connectivity index (χ4v) is 1.32. The number of rotatable bonds is 2. The van der Waals surface area contributed by atoms with Crippen LogP contribution in [0, 0.1) is 0 Å². The van der Waals surface area contributed by atoms with Gasteiger partial charge in [-0.15, -0.1) is 10.2 Å². The Morgan fingerprint density at radius 2 is 2.13 bits per heavy atom. The van der Waals surface area contributed by atoms with Crippen molar-refractivity contribution in [2.24, 2.45) is 0 Å². The molecule has 1 aromatic heterocycles. The van der Waals surface area contributed by atoms with Crippen LogP contribution < -0.4 is 0 Å². The van der Waals surface area contributed by atoms with Crippen LogP contribution in [0.5, 0.6) is 0 Å². The van der Waals surface area contributed by atoms with Crippen LogP contribution >= 0.6 is 11.6 Å². The first-order chi connectivity index (χ1) is 7.15. The molecule has 0 radical (unpaired) electrons. The van der Waals surface area contributed by atoms with Gasteiger partial charge in [-0.3, -0.25) is 4.79 Å². The van der Waals surface area contributed by atoms with E-state index in [1.165, 1.54) is 0 Å². The third-order valence-corrected chi connectivity index (χ3v) is 2.00. The van der Waals surface area contributed by atoms with E-state index >= 15 is 0 Å². The largest absolute Gasteiger partial charge is 0.481 e. The first-order valence-electron chi connectivity index (χ1n) is 4.16. The van der Waals surface area contributed by atoms with E-state index < -0.39 is 5.97 Å². The molecule has 0 fully saturated rings. The van der Waals surface area contributed by atoms with E-state index in [0.717, 1.165) is 0 Å². The molecule has 0 saturated heterocycles. The number of aliphatic carboxylic acids is 1. The van der Waals surface area contributed by atoms with Crippen LogP contribution in [0.3, 0.4) is 0 Å². The van der Waals surface area contributed by atoms with Crippen molar-refractivity contribution in [1.29, 1.82) is 0 Å². The molecule has 6 heteroatoms. The molecule has 1 N–H and O–H groups in total. The fourth-order valence-electron chi connectivity index (χ4n) is 1.15. The van der Waals surface area contributed by atoms with Crippen molar-refractivity contribution < 1.29 is 9.90 Å². The predicted molar refractivity (Wildman–Crippen MR) is 53.7 cm³/mol. The molecular weight excluding hydrogens is 218 g/mol. The third-order valence-electron chi connectivity index (χ3n) is 1.77. The van der Waals surface area contributed by atoms with Gasteiger partial charge in [0.25, 0.3) is 0 Å². The van der Waals surface area contributed by atoms with Gasteiger partial charge in [0.1, 0.15) is 11.9 Å². The summed E-state index contributed by atoms with van der Waals surface area (Å²) in [5.74, 6) is -0.789. The Bertz CT molecular complexity index is 530. The van der Waals surface area contributed by atoms with E-state index in [0.29, 0.717) is 16.1 Å². The molecule has 0 bridgehead atoms. The Hall–Kier alpha value is -1.75. The second kappa shape index (κ2) is 3.78. The van der Waals surface area contributed by atoms with Crippen molar-refractivity contribution in [3.63, 3.8) is 0 Å². The average molecular weight is 224 g/mol. The molecule has 0 spiro atoms. The van der Waals surface area contributed by atoms with Crippen LogP contribution in [0.25, 0.3) is 11.0 Å². The topological polar surface area (TPSA) is 76.0 Å². The van der Waals surface area contributed by atoms with Crippen LogP contribution in [0.2, 0.25) is 5.02 Å². The predicted octanol–water partition coefficient (Wildman–Crippen LogP) is 1.31. The van der Waals surface area contributed by atoms with E-state index in [4.69, 9.17) is 16.7 Å². The van der Waals surface area contributed by atoms with Crippen LogP contribution in [0.1, 0.15) is 5.82 Å². The number of hydrogen-bond acceptors (Lipinski definition) is 4. The van der Waals surface area contributed by atoms with E-state index in [-0.39, 0.29) is 12.2 Å². The van der Waals surface area contributed by atoms with Gasteiger partial charge in [0.2, 0.25) is 0 Å². The quantitative estimate of drug-likeness (QED) is 0.831. The molecule has 2 aromatic rings. The van der Waals surface area contributed by atoms with Crippen molar-refractivity contribution in [1.82, 2.24) is 15.2 Å². The molecule has 0 aliphatic rings. The highest BCUT2D eigenvalue weighted by atomic mass is 35.5. The highest BCUT2D eigenvalue weighted by Crippen LogP contribution is 2.14. The van der Waals surface area contributed by atoms with Crippen molar-refractivity contribution in [3.8, 4) is 0 Å². The van der Waals surface area contributed by atoms with Gasteiger partial charge in [0, 0.05) is 5.02 Å². The fraction of sp³-hybridized carbons (Fsp3) is 0.111. The average Bonchev–Trinajstić information content (AvgIpc) is 2.17. The van der Waals surface area contributed by atoms with Gasteiger partial charge in [-0.05, 0) is 18.2 Å². The SMILES string of the molecule is O=C(O)Cc1nnc2cc(Cl)ccc2n1. The second-order valence-corrected chi connectivity index (χ2v) is 3.37. The smallest absolute Gasteiger partial charge is 0.311 e. The minimum absolute atomic E-state index is 0.192. The maximum atomic E-state index is 10.4. The molecule has 0 amide bonds. The molecule has 0 atom stereocenters. The summed E-state index contributed by atoms with van der Waals surface area (Å²) in [5.41, 5.74) is 1.14. The molecule has 0 aliphatic carbocycles. The normalized spacial score (nSPS) is 10.5. The summed E-state index contributed by atoms with van der Waals surface area (Å²) < 4.78 is 0. The zero-order valence-electron chi connectivity index (χ0n) is 7.51. The molecule has 0 aliphatic heterocycles.